The maximum Gasteiger partial charge on any atom is 0.149 e. The van der Waals surface area contributed by atoms with Crippen molar-refractivity contribution in [2.75, 3.05) is 12.3 Å². The minimum absolute atomic E-state index is 0.509. The fourth-order valence-electron chi connectivity index (χ4n) is 3.49. The van der Waals surface area contributed by atoms with Crippen LogP contribution in [0.15, 0.2) is 62.0 Å². The fourth-order valence-corrected chi connectivity index (χ4v) is 4.28. The van der Waals surface area contributed by atoms with Crippen LogP contribution >= 0.6 is 11.8 Å². The molecule has 1 heterocycles. The molecule has 0 saturated heterocycles. The van der Waals surface area contributed by atoms with Gasteiger partial charge >= 0.3 is 0 Å². The first-order valence-corrected chi connectivity index (χ1v) is 12.2. The van der Waals surface area contributed by atoms with Crippen LogP contribution in [-0.4, -0.2) is 36.5 Å². The lowest BCUT2D eigenvalue weighted by Crippen LogP contribution is -2.35. The lowest BCUT2D eigenvalue weighted by Gasteiger charge is -2.32. The van der Waals surface area contributed by atoms with Crippen molar-refractivity contribution >= 4 is 31.0 Å². The summed E-state index contributed by atoms with van der Waals surface area (Å²) in [5.41, 5.74) is 8.83. The van der Waals surface area contributed by atoms with Gasteiger partial charge in [-0.15, -0.1) is 11.8 Å². The third-order valence-electron chi connectivity index (χ3n) is 4.98. The number of hydrogen-bond acceptors (Lipinski definition) is 6. The second-order valence-corrected chi connectivity index (χ2v) is 7.98. The van der Waals surface area contributed by atoms with Crippen LogP contribution in [0.5, 0.6) is 0 Å². The van der Waals surface area contributed by atoms with Crippen LogP contribution in [0.3, 0.4) is 0 Å². The molecule has 6 heteroatoms. The van der Waals surface area contributed by atoms with E-state index >= 15 is 0 Å². The Bertz CT molecular complexity index is 682. The van der Waals surface area contributed by atoms with Gasteiger partial charge in [0.25, 0.3) is 0 Å². The van der Waals surface area contributed by atoms with Gasteiger partial charge in [-0.05, 0) is 50.1 Å². The van der Waals surface area contributed by atoms with Crippen LogP contribution in [-0.2, 0) is 0 Å². The van der Waals surface area contributed by atoms with Crippen molar-refractivity contribution in [2.24, 2.45) is 26.6 Å². The van der Waals surface area contributed by atoms with Gasteiger partial charge in [-0.3, -0.25) is 9.98 Å². The van der Waals surface area contributed by atoms with Gasteiger partial charge in [0.05, 0.1) is 11.4 Å². The van der Waals surface area contributed by atoms with Gasteiger partial charge in [0.15, 0.2) is 0 Å². The number of hydrogen-bond donors (Lipinski definition) is 1. The Kier molecular flexibility index (Phi) is 13.6. The number of aliphatic imine (C=N–C) groups is 3. The molecule has 1 saturated carbocycles. The molecule has 1 fully saturated rings. The molecule has 2 N–H and O–H groups in total. The largest absolute Gasteiger partial charge is 0.382 e. The molecular formula is C24H39N5S. The van der Waals surface area contributed by atoms with E-state index in [4.69, 9.17) is 5.73 Å². The summed E-state index contributed by atoms with van der Waals surface area (Å²) in [6.45, 7) is 14.5. The molecule has 1 aliphatic heterocycles. The summed E-state index contributed by atoms with van der Waals surface area (Å²) in [5.74, 6) is 1.86. The Morgan fingerprint density at radius 2 is 2.00 bits per heavy atom. The molecule has 0 aromatic heterocycles. The zero-order valence-electron chi connectivity index (χ0n) is 19.0. The molecular weight excluding hydrogens is 390 g/mol. The molecule has 0 spiro atoms. The van der Waals surface area contributed by atoms with Crippen molar-refractivity contribution in [3.05, 3.63) is 47.1 Å². The molecule has 0 aromatic carbocycles. The molecule has 2 aliphatic rings. The van der Waals surface area contributed by atoms with E-state index < -0.39 is 0 Å². The third-order valence-corrected chi connectivity index (χ3v) is 5.83. The Morgan fingerprint density at radius 3 is 2.63 bits per heavy atom. The predicted molar refractivity (Wildman–Crippen MR) is 136 cm³/mol. The van der Waals surface area contributed by atoms with Crippen molar-refractivity contribution in [3.63, 3.8) is 0 Å². The normalized spacial score (nSPS) is 19.2. The monoisotopic (exact) mass is 429 g/mol. The third kappa shape index (κ3) is 8.74. The number of allylic oxidation sites excluding steroid dienone is 2. The quantitative estimate of drug-likeness (QED) is 0.328. The summed E-state index contributed by atoms with van der Waals surface area (Å²) in [6.07, 6.45) is 16.6. The lowest BCUT2D eigenvalue weighted by molar-refractivity contribution is 0.288. The van der Waals surface area contributed by atoms with E-state index in [-0.39, 0.29) is 0 Å². The van der Waals surface area contributed by atoms with E-state index in [9.17, 15) is 0 Å². The average molecular weight is 430 g/mol. The molecule has 166 valence electrons. The zero-order valence-corrected chi connectivity index (χ0v) is 19.8. The first kappa shape index (κ1) is 26.0. The van der Waals surface area contributed by atoms with Crippen LogP contribution in [0.25, 0.3) is 0 Å². The highest BCUT2D eigenvalue weighted by atomic mass is 32.2. The van der Waals surface area contributed by atoms with Gasteiger partial charge in [0, 0.05) is 24.7 Å². The van der Waals surface area contributed by atoms with Crippen LogP contribution in [0.4, 0.5) is 0 Å². The highest BCUT2D eigenvalue weighted by molar-refractivity contribution is 8.02. The van der Waals surface area contributed by atoms with E-state index in [2.05, 4.69) is 46.3 Å². The average Bonchev–Trinajstić information content (AvgIpc) is 2.78. The van der Waals surface area contributed by atoms with Crippen LogP contribution in [0.1, 0.15) is 65.7 Å². The Morgan fingerprint density at radius 1 is 1.27 bits per heavy atom. The molecule has 1 aliphatic carbocycles. The van der Waals surface area contributed by atoms with E-state index in [1.54, 1.807) is 18.0 Å². The summed E-state index contributed by atoms with van der Waals surface area (Å²) in [6, 6.07) is 0. The van der Waals surface area contributed by atoms with Gasteiger partial charge in [0.1, 0.15) is 11.5 Å². The van der Waals surface area contributed by atoms with Gasteiger partial charge in [-0.25, -0.2) is 4.99 Å². The van der Waals surface area contributed by atoms with Crippen molar-refractivity contribution < 1.29 is 0 Å². The van der Waals surface area contributed by atoms with Crippen molar-refractivity contribution in [1.82, 2.24) is 4.90 Å². The summed E-state index contributed by atoms with van der Waals surface area (Å²) < 4.78 is 0. The first-order chi connectivity index (χ1) is 14.7. The van der Waals surface area contributed by atoms with Crippen LogP contribution in [0, 0.1) is 5.92 Å². The smallest absolute Gasteiger partial charge is 0.149 e. The molecule has 5 nitrogen and oxygen atoms in total. The Labute approximate surface area is 187 Å². The number of nitrogens with two attached hydrogens (primary N) is 1. The highest BCUT2D eigenvalue weighted by Crippen LogP contribution is 2.28. The summed E-state index contributed by atoms with van der Waals surface area (Å²) >= 11 is 1.62. The van der Waals surface area contributed by atoms with Crippen LogP contribution < -0.4 is 5.73 Å². The molecule has 0 unspecified atom stereocenters. The molecule has 2 rings (SSSR count). The summed E-state index contributed by atoms with van der Waals surface area (Å²) in [5, 5.41) is 2.00. The second kappa shape index (κ2) is 15.7. The number of nitrogens with zero attached hydrogens (tertiary/aromatic N) is 4. The van der Waals surface area contributed by atoms with Crippen LogP contribution in [0.2, 0.25) is 0 Å². The van der Waals surface area contributed by atoms with E-state index in [1.807, 2.05) is 31.5 Å². The van der Waals surface area contributed by atoms with Gasteiger partial charge in [-0.2, -0.15) is 0 Å². The Balaban J connectivity index is 0.00000218. The number of unbranched alkanes of at least 4 members (excludes halogenated alkanes) is 1. The highest BCUT2D eigenvalue weighted by Gasteiger charge is 2.23. The Hall–Kier alpha value is -2.08. The van der Waals surface area contributed by atoms with Crippen molar-refractivity contribution in [2.45, 2.75) is 65.7 Å². The molecule has 0 aromatic rings. The summed E-state index contributed by atoms with van der Waals surface area (Å²) in [7, 11) is 0. The number of amidine groups is 1. The maximum absolute atomic E-state index is 6.24. The van der Waals surface area contributed by atoms with Gasteiger partial charge in [-0.1, -0.05) is 52.5 Å². The first-order valence-electron chi connectivity index (χ1n) is 11.1. The summed E-state index contributed by atoms with van der Waals surface area (Å²) in [4.78, 5) is 14.9. The maximum atomic E-state index is 6.24. The predicted octanol–water partition coefficient (Wildman–Crippen LogP) is 6.28. The molecule has 0 radical (unpaired) electrons. The van der Waals surface area contributed by atoms with Gasteiger partial charge in [0.2, 0.25) is 0 Å². The van der Waals surface area contributed by atoms with Crippen molar-refractivity contribution in [3.8, 4) is 0 Å². The topological polar surface area (TPSA) is 66.3 Å². The molecule has 30 heavy (non-hydrogen) atoms. The molecule has 0 atom stereocenters. The SMILES string of the molecule is C=NC(/C=C\CCC)=C\SC/C(N=C)=C1\C(N)=NC=CN1CC1CCCCC1.CC. The van der Waals surface area contributed by atoms with E-state index in [1.165, 1.54) is 32.1 Å². The second-order valence-electron chi connectivity index (χ2n) is 7.13. The molecule has 0 amide bonds. The molecule has 0 bridgehead atoms. The fraction of sp³-hybridized carbons (Fsp3) is 0.542. The van der Waals surface area contributed by atoms with E-state index in [0.29, 0.717) is 17.5 Å². The number of rotatable bonds is 10. The van der Waals surface area contributed by atoms with E-state index in [0.717, 1.165) is 36.5 Å². The van der Waals surface area contributed by atoms with Crippen molar-refractivity contribution in [1.29, 1.82) is 0 Å². The van der Waals surface area contributed by atoms with Gasteiger partial charge < -0.3 is 10.6 Å². The minimum atomic E-state index is 0.509. The lowest BCUT2D eigenvalue weighted by atomic mass is 9.89. The standard InChI is InChI=1S/C22H33N5S.C2H6/c1-4-5-7-12-19(24-2)16-28-17-20(25-3)21-22(23)26-13-14-27(21)15-18-10-8-6-9-11-18;1-2/h7,12-14,16,18H,2-6,8-11,15,17H2,1H3,(H2,23,26);1-2H3/b12-7-,19-16-,21-20-;. The minimum Gasteiger partial charge on any atom is -0.382 e. The number of thioether (sulfide) groups is 1. The zero-order chi connectivity index (χ0) is 22.2.